The van der Waals surface area contributed by atoms with E-state index in [4.69, 9.17) is 0 Å². The van der Waals surface area contributed by atoms with Crippen LogP contribution in [0.15, 0.2) is 34.0 Å². The first-order valence-electron chi connectivity index (χ1n) is 3.81. The highest BCUT2D eigenvalue weighted by molar-refractivity contribution is 7.91. The maximum atomic E-state index is 11.6. The summed E-state index contributed by atoms with van der Waals surface area (Å²) in [6.45, 7) is 3.26. The van der Waals surface area contributed by atoms with Gasteiger partial charge in [0.25, 0.3) is 10.0 Å². The molecule has 1 N–H and O–H groups in total. The van der Waals surface area contributed by atoms with Crippen LogP contribution in [0.3, 0.4) is 0 Å². The Bertz CT molecular complexity index is 461. The molecule has 0 fully saturated rings. The van der Waals surface area contributed by atoms with Gasteiger partial charge in [-0.25, -0.2) is 13.2 Å². The number of thiophene rings is 1. The first-order valence-corrected chi connectivity index (χ1v) is 6.17. The molecule has 1 aromatic rings. The molecule has 0 radical (unpaired) electrons. The standard InChI is InChI=1S/C8H9NO4S2/c1-6(8(10)13-2)9-15(11,12)7-4-3-5-14-7/h3-5,9H,1H2,2H3. The molecule has 1 rings (SSSR count). The first kappa shape index (κ1) is 11.7. The van der Waals surface area contributed by atoms with Crippen molar-refractivity contribution in [3.05, 3.63) is 29.8 Å². The summed E-state index contributed by atoms with van der Waals surface area (Å²) in [5.74, 6) is -0.810. The van der Waals surface area contributed by atoms with Gasteiger partial charge in [0.2, 0.25) is 0 Å². The zero-order valence-electron chi connectivity index (χ0n) is 7.89. The van der Waals surface area contributed by atoms with E-state index in [9.17, 15) is 13.2 Å². The van der Waals surface area contributed by atoms with Gasteiger partial charge in [0, 0.05) is 0 Å². The number of esters is 1. The number of rotatable bonds is 4. The number of methoxy groups -OCH3 is 1. The number of hydrogen-bond acceptors (Lipinski definition) is 5. The number of ether oxygens (including phenoxy) is 1. The molecule has 0 atom stereocenters. The van der Waals surface area contributed by atoms with Gasteiger partial charge in [-0.2, -0.15) is 0 Å². The van der Waals surface area contributed by atoms with Crippen LogP contribution < -0.4 is 4.72 Å². The second kappa shape index (κ2) is 4.45. The van der Waals surface area contributed by atoms with Crippen LogP contribution >= 0.6 is 11.3 Å². The highest BCUT2D eigenvalue weighted by Gasteiger charge is 2.19. The quantitative estimate of drug-likeness (QED) is 0.628. The van der Waals surface area contributed by atoms with Gasteiger partial charge in [0.15, 0.2) is 0 Å². The fraction of sp³-hybridized carbons (Fsp3) is 0.125. The molecular formula is C8H9NO4S2. The molecule has 0 amide bonds. The minimum Gasteiger partial charge on any atom is -0.464 e. The lowest BCUT2D eigenvalue weighted by Crippen LogP contribution is -2.26. The molecule has 1 aromatic heterocycles. The minimum absolute atomic E-state index is 0.118. The third-order valence-corrected chi connectivity index (χ3v) is 4.24. The van der Waals surface area contributed by atoms with E-state index in [1.165, 1.54) is 6.07 Å². The molecule has 0 aromatic carbocycles. The average molecular weight is 247 g/mol. The van der Waals surface area contributed by atoms with E-state index in [0.29, 0.717) is 0 Å². The van der Waals surface area contributed by atoms with Crippen LogP contribution in [-0.4, -0.2) is 21.5 Å². The highest BCUT2D eigenvalue weighted by atomic mass is 32.2. The molecule has 0 aliphatic rings. The van der Waals surface area contributed by atoms with Crippen molar-refractivity contribution in [1.29, 1.82) is 0 Å². The van der Waals surface area contributed by atoms with Gasteiger partial charge in [-0.3, -0.25) is 4.72 Å². The molecule has 15 heavy (non-hydrogen) atoms. The molecule has 1 heterocycles. The highest BCUT2D eigenvalue weighted by Crippen LogP contribution is 2.16. The SMILES string of the molecule is C=C(NS(=O)(=O)c1cccs1)C(=O)OC. The van der Waals surface area contributed by atoms with Crippen LogP contribution in [0.25, 0.3) is 0 Å². The summed E-state index contributed by atoms with van der Waals surface area (Å²) < 4.78 is 29.6. The number of carbonyl (C=O) groups excluding carboxylic acids is 1. The van der Waals surface area contributed by atoms with Gasteiger partial charge in [-0.15, -0.1) is 11.3 Å². The molecular weight excluding hydrogens is 238 g/mol. The number of carbonyl (C=O) groups is 1. The molecule has 5 nitrogen and oxygen atoms in total. The summed E-state index contributed by atoms with van der Waals surface area (Å²) in [4.78, 5) is 10.9. The molecule has 0 spiro atoms. The summed E-state index contributed by atoms with van der Waals surface area (Å²) in [7, 11) is -2.56. The summed E-state index contributed by atoms with van der Waals surface area (Å²) in [5.41, 5.74) is -0.314. The Morgan fingerprint density at radius 3 is 2.73 bits per heavy atom. The molecule has 0 saturated heterocycles. The van der Waals surface area contributed by atoms with Crippen molar-refractivity contribution in [3.8, 4) is 0 Å². The van der Waals surface area contributed by atoms with Gasteiger partial charge in [0.1, 0.15) is 9.91 Å². The summed E-state index contributed by atoms with van der Waals surface area (Å²) in [6.07, 6.45) is 0. The smallest absolute Gasteiger partial charge is 0.354 e. The van der Waals surface area contributed by atoms with Gasteiger partial charge < -0.3 is 4.74 Å². The maximum absolute atomic E-state index is 11.6. The fourth-order valence-electron chi connectivity index (χ4n) is 0.794. The molecule has 0 aliphatic heterocycles. The second-order valence-electron chi connectivity index (χ2n) is 2.51. The lowest BCUT2D eigenvalue weighted by atomic mass is 10.5. The van der Waals surface area contributed by atoms with Gasteiger partial charge in [-0.05, 0) is 11.4 Å². The van der Waals surface area contributed by atoms with E-state index < -0.39 is 16.0 Å². The predicted octanol–water partition coefficient (Wildman–Crippen LogP) is 0.713. The molecule has 0 unspecified atom stereocenters. The molecule has 82 valence electrons. The summed E-state index contributed by atoms with van der Waals surface area (Å²) in [5, 5.41) is 1.62. The number of hydrogen-bond donors (Lipinski definition) is 1. The van der Waals surface area contributed by atoms with Crippen LogP contribution in [0.5, 0.6) is 0 Å². The third-order valence-electron chi connectivity index (χ3n) is 1.45. The average Bonchev–Trinajstić information content (AvgIpc) is 2.69. The van der Waals surface area contributed by atoms with Crippen molar-refractivity contribution in [3.63, 3.8) is 0 Å². The van der Waals surface area contributed by atoms with Crippen LogP contribution in [0.2, 0.25) is 0 Å². The number of nitrogens with one attached hydrogen (secondary N) is 1. The topological polar surface area (TPSA) is 72.5 Å². The van der Waals surface area contributed by atoms with Crippen molar-refractivity contribution in [2.75, 3.05) is 7.11 Å². The van der Waals surface area contributed by atoms with E-state index >= 15 is 0 Å². The summed E-state index contributed by atoms with van der Waals surface area (Å²) in [6, 6.07) is 3.03. The largest absolute Gasteiger partial charge is 0.464 e. The van der Waals surface area contributed by atoms with E-state index in [2.05, 4.69) is 11.3 Å². The lowest BCUT2D eigenvalue weighted by molar-refractivity contribution is -0.136. The van der Waals surface area contributed by atoms with E-state index in [1.807, 2.05) is 4.72 Å². The van der Waals surface area contributed by atoms with E-state index in [-0.39, 0.29) is 9.91 Å². The van der Waals surface area contributed by atoms with Crippen LogP contribution in [0, 0.1) is 0 Å². The molecule has 0 bridgehead atoms. The van der Waals surface area contributed by atoms with Crippen LogP contribution in [0.1, 0.15) is 0 Å². The summed E-state index contributed by atoms with van der Waals surface area (Å²) >= 11 is 1.05. The van der Waals surface area contributed by atoms with Crippen molar-refractivity contribution >= 4 is 27.3 Å². The molecule has 0 saturated carbocycles. The Morgan fingerprint density at radius 1 is 1.60 bits per heavy atom. The zero-order chi connectivity index (χ0) is 11.5. The Hall–Kier alpha value is -1.34. The second-order valence-corrected chi connectivity index (χ2v) is 5.36. The zero-order valence-corrected chi connectivity index (χ0v) is 9.52. The van der Waals surface area contributed by atoms with Crippen molar-refractivity contribution in [2.24, 2.45) is 0 Å². The Labute approximate surface area is 91.4 Å². The van der Waals surface area contributed by atoms with Crippen molar-refractivity contribution in [1.82, 2.24) is 4.72 Å². The third kappa shape index (κ3) is 2.80. The van der Waals surface area contributed by atoms with Gasteiger partial charge in [0.05, 0.1) is 7.11 Å². The van der Waals surface area contributed by atoms with Crippen LogP contribution in [0.4, 0.5) is 0 Å². The van der Waals surface area contributed by atoms with Crippen molar-refractivity contribution < 1.29 is 17.9 Å². The van der Waals surface area contributed by atoms with Gasteiger partial charge >= 0.3 is 5.97 Å². The predicted molar refractivity (Wildman–Crippen MR) is 55.8 cm³/mol. The first-order chi connectivity index (χ1) is 6.97. The Balaban J connectivity index is 2.83. The van der Waals surface area contributed by atoms with E-state index in [1.54, 1.807) is 11.4 Å². The molecule has 0 aliphatic carbocycles. The minimum atomic E-state index is -3.70. The maximum Gasteiger partial charge on any atom is 0.354 e. The number of sulfonamides is 1. The normalized spacial score (nSPS) is 10.7. The molecule has 7 heteroatoms. The fourth-order valence-corrected chi connectivity index (χ4v) is 2.81. The Kier molecular flexibility index (Phi) is 3.48. The Morgan fingerprint density at radius 2 is 2.27 bits per heavy atom. The van der Waals surface area contributed by atoms with Crippen molar-refractivity contribution in [2.45, 2.75) is 4.21 Å². The lowest BCUT2D eigenvalue weighted by Gasteiger charge is -2.06. The monoisotopic (exact) mass is 247 g/mol. The van der Waals surface area contributed by atoms with Gasteiger partial charge in [-0.1, -0.05) is 12.6 Å². The van der Waals surface area contributed by atoms with Crippen LogP contribution in [-0.2, 0) is 19.6 Å². The van der Waals surface area contributed by atoms with E-state index in [0.717, 1.165) is 18.4 Å².